The fraction of sp³-hybridized carbons (Fsp3) is 0.318. The van der Waals surface area contributed by atoms with Crippen molar-refractivity contribution >= 4 is 17.8 Å². The van der Waals surface area contributed by atoms with Gasteiger partial charge in [-0.3, -0.25) is 4.57 Å². The molecule has 0 unspecified atom stereocenters. The first-order chi connectivity index (χ1) is 13.9. The summed E-state index contributed by atoms with van der Waals surface area (Å²) < 4.78 is 2.03. The maximum atomic E-state index is 12.1. The molecule has 3 aromatic rings. The van der Waals surface area contributed by atoms with Crippen LogP contribution in [0, 0.1) is 13.8 Å². The lowest BCUT2D eigenvalue weighted by Gasteiger charge is -2.19. The van der Waals surface area contributed by atoms with Crippen molar-refractivity contribution in [2.75, 3.05) is 14.1 Å². The number of nitrogens with zero attached hydrogens (tertiary/aromatic N) is 4. The molecule has 3 rings (SSSR count). The van der Waals surface area contributed by atoms with Gasteiger partial charge in [-0.15, -0.1) is 10.2 Å². The monoisotopic (exact) mass is 409 g/mol. The molecular formula is C22H27N5OS. The number of rotatable bonds is 6. The Bertz CT molecular complexity index is 981. The molecule has 0 radical (unpaired) electrons. The van der Waals surface area contributed by atoms with Crippen molar-refractivity contribution in [2.45, 2.75) is 37.7 Å². The minimum Gasteiger partial charge on any atom is -0.331 e. The van der Waals surface area contributed by atoms with Gasteiger partial charge in [-0.05, 0) is 44.0 Å². The third-order valence-corrected chi connectivity index (χ3v) is 5.68. The number of benzene rings is 2. The number of amides is 2. The van der Waals surface area contributed by atoms with E-state index in [1.165, 1.54) is 21.6 Å². The van der Waals surface area contributed by atoms with Crippen molar-refractivity contribution in [1.29, 1.82) is 0 Å². The molecule has 0 aliphatic carbocycles. The highest BCUT2D eigenvalue weighted by Crippen LogP contribution is 2.28. The van der Waals surface area contributed by atoms with Gasteiger partial charge in [0.25, 0.3) is 0 Å². The van der Waals surface area contributed by atoms with E-state index in [1.54, 1.807) is 25.9 Å². The third kappa shape index (κ3) is 4.98. The largest absolute Gasteiger partial charge is 0.331 e. The number of carbonyl (C=O) groups is 1. The van der Waals surface area contributed by atoms with E-state index in [2.05, 4.69) is 71.8 Å². The maximum Gasteiger partial charge on any atom is 0.317 e. The molecule has 0 saturated heterocycles. The average Bonchev–Trinajstić information content (AvgIpc) is 3.12. The number of carbonyl (C=O) groups excluding carboxylic acids is 1. The molecule has 0 saturated carbocycles. The Morgan fingerprint density at radius 1 is 1.10 bits per heavy atom. The average molecular weight is 410 g/mol. The van der Waals surface area contributed by atoms with E-state index in [-0.39, 0.29) is 12.1 Å². The van der Waals surface area contributed by atoms with Crippen LogP contribution in [-0.2, 0) is 5.75 Å². The van der Waals surface area contributed by atoms with Crippen molar-refractivity contribution < 1.29 is 4.79 Å². The number of thioether (sulfide) groups is 1. The molecule has 0 aliphatic heterocycles. The Kier molecular flexibility index (Phi) is 6.59. The first-order valence-electron chi connectivity index (χ1n) is 9.54. The number of aromatic nitrogens is 3. The first-order valence-corrected chi connectivity index (χ1v) is 10.5. The van der Waals surface area contributed by atoms with Crippen LogP contribution in [-0.4, -0.2) is 39.8 Å². The molecule has 1 heterocycles. The maximum absolute atomic E-state index is 12.1. The molecule has 29 heavy (non-hydrogen) atoms. The molecule has 1 atom stereocenters. The van der Waals surface area contributed by atoms with E-state index < -0.39 is 0 Å². The summed E-state index contributed by atoms with van der Waals surface area (Å²) in [6, 6.07) is 16.2. The van der Waals surface area contributed by atoms with Crippen molar-refractivity contribution in [3.63, 3.8) is 0 Å². The molecule has 1 N–H and O–H groups in total. The second kappa shape index (κ2) is 9.13. The molecule has 2 amide bonds. The van der Waals surface area contributed by atoms with Gasteiger partial charge < -0.3 is 10.2 Å². The van der Waals surface area contributed by atoms with Crippen molar-refractivity contribution in [3.8, 4) is 5.69 Å². The lowest BCUT2D eigenvalue weighted by Crippen LogP contribution is -2.37. The Balaban J connectivity index is 1.93. The van der Waals surface area contributed by atoms with Crippen LogP contribution in [0.1, 0.15) is 35.5 Å². The summed E-state index contributed by atoms with van der Waals surface area (Å²) in [6.45, 7) is 6.10. The van der Waals surface area contributed by atoms with E-state index in [0.717, 1.165) is 16.6 Å². The normalized spacial score (nSPS) is 11.9. The first kappa shape index (κ1) is 20.9. The molecule has 1 aromatic heterocycles. The van der Waals surface area contributed by atoms with Crippen molar-refractivity contribution in [2.24, 2.45) is 0 Å². The fourth-order valence-electron chi connectivity index (χ4n) is 2.88. The zero-order valence-electron chi connectivity index (χ0n) is 17.5. The van der Waals surface area contributed by atoms with Crippen molar-refractivity contribution in [3.05, 3.63) is 71.0 Å². The summed E-state index contributed by atoms with van der Waals surface area (Å²) >= 11 is 1.64. The van der Waals surface area contributed by atoms with Crippen LogP contribution in [0.3, 0.4) is 0 Å². The lowest BCUT2D eigenvalue weighted by molar-refractivity contribution is 0.213. The van der Waals surface area contributed by atoms with Crippen LogP contribution in [0.15, 0.2) is 53.7 Å². The molecule has 2 aromatic carbocycles. The fourth-order valence-corrected chi connectivity index (χ4v) is 3.92. The number of hydrogen-bond donors (Lipinski definition) is 1. The Morgan fingerprint density at radius 3 is 2.45 bits per heavy atom. The van der Waals surface area contributed by atoms with Crippen LogP contribution in [0.2, 0.25) is 0 Å². The highest BCUT2D eigenvalue weighted by atomic mass is 32.2. The predicted molar refractivity (Wildman–Crippen MR) is 117 cm³/mol. The van der Waals surface area contributed by atoms with Crippen LogP contribution in [0.4, 0.5) is 4.79 Å². The molecular weight excluding hydrogens is 382 g/mol. The van der Waals surface area contributed by atoms with Gasteiger partial charge in [0.2, 0.25) is 0 Å². The van der Waals surface area contributed by atoms with Gasteiger partial charge in [0.05, 0.1) is 6.04 Å². The van der Waals surface area contributed by atoms with Gasteiger partial charge in [0, 0.05) is 25.5 Å². The minimum absolute atomic E-state index is 0.162. The highest BCUT2D eigenvalue weighted by molar-refractivity contribution is 7.98. The minimum atomic E-state index is -0.286. The molecule has 7 heteroatoms. The van der Waals surface area contributed by atoms with Crippen LogP contribution >= 0.6 is 11.8 Å². The van der Waals surface area contributed by atoms with E-state index in [4.69, 9.17) is 0 Å². The molecule has 6 nitrogen and oxygen atoms in total. The van der Waals surface area contributed by atoms with Crippen LogP contribution in [0.5, 0.6) is 0 Å². The number of nitrogens with one attached hydrogen (secondary N) is 1. The van der Waals surface area contributed by atoms with Gasteiger partial charge in [0.15, 0.2) is 11.0 Å². The van der Waals surface area contributed by atoms with Crippen molar-refractivity contribution in [1.82, 2.24) is 25.0 Å². The van der Waals surface area contributed by atoms with E-state index in [0.29, 0.717) is 5.82 Å². The number of urea groups is 1. The van der Waals surface area contributed by atoms with Gasteiger partial charge in [-0.25, -0.2) is 4.79 Å². The number of hydrogen-bond acceptors (Lipinski definition) is 4. The summed E-state index contributed by atoms with van der Waals surface area (Å²) in [7, 11) is 3.44. The summed E-state index contributed by atoms with van der Waals surface area (Å²) in [4.78, 5) is 13.6. The topological polar surface area (TPSA) is 63.1 Å². The van der Waals surface area contributed by atoms with Crippen LogP contribution in [0.25, 0.3) is 5.69 Å². The van der Waals surface area contributed by atoms with E-state index in [9.17, 15) is 4.79 Å². The standard InChI is InChI=1S/C22H27N5OS/c1-15-10-12-19(13-11-15)27-20(17(3)23-21(28)26(4)5)24-25-22(27)29-14-18-9-7-6-8-16(18)2/h6-13,17H,14H2,1-5H3,(H,23,28)/t17-/m1/s1. The second-order valence-electron chi connectivity index (χ2n) is 7.29. The Hall–Kier alpha value is -2.80. The molecule has 152 valence electrons. The molecule has 0 aliphatic rings. The summed E-state index contributed by atoms with van der Waals surface area (Å²) in [6.07, 6.45) is 0. The molecule has 0 fully saturated rings. The zero-order valence-corrected chi connectivity index (χ0v) is 18.3. The van der Waals surface area contributed by atoms with Gasteiger partial charge in [-0.2, -0.15) is 0 Å². The summed E-state index contributed by atoms with van der Waals surface area (Å²) in [5.41, 5.74) is 4.69. The second-order valence-corrected chi connectivity index (χ2v) is 8.23. The zero-order chi connectivity index (χ0) is 21.0. The van der Waals surface area contributed by atoms with E-state index >= 15 is 0 Å². The summed E-state index contributed by atoms with van der Waals surface area (Å²) in [5, 5.41) is 12.6. The lowest BCUT2D eigenvalue weighted by atomic mass is 10.1. The Morgan fingerprint density at radius 2 is 1.79 bits per heavy atom. The third-order valence-electron chi connectivity index (χ3n) is 4.70. The van der Waals surface area contributed by atoms with Gasteiger partial charge in [0.1, 0.15) is 0 Å². The summed E-state index contributed by atoms with van der Waals surface area (Å²) in [5.74, 6) is 1.51. The quantitative estimate of drug-likeness (QED) is 0.609. The number of aryl methyl sites for hydroxylation is 2. The SMILES string of the molecule is Cc1ccc(-n2c(SCc3ccccc3C)nnc2[C@@H](C)NC(=O)N(C)C)cc1. The smallest absolute Gasteiger partial charge is 0.317 e. The van der Waals surface area contributed by atoms with E-state index in [1.807, 2.05) is 17.6 Å². The highest BCUT2D eigenvalue weighted by Gasteiger charge is 2.21. The molecule has 0 spiro atoms. The van der Waals surface area contributed by atoms with Gasteiger partial charge in [-0.1, -0.05) is 53.7 Å². The van der Waals surface area contributed by atoms with Crippen LogP contribution < -0.4 is 5.32 Å². The van der Waals surface area contributed by atoms with Gasteiger partial charge >= 0.3 is 6.03 Å². The molecule has 0 bridgehead atoms. The predicted octanol–water partition coefficient (Wildman–Crippen LogP) is 4.51. The Labute approximate surface area is 176 Å².